The molecule has 0 spiro atoms. The van der Waals surface area contributed by atoms with Crippen molar-refractivity contribution in [3.8, 4) is 0 Å². The molecule has 76 valence electrons. The third-order valence-corrected chi connectivity index (χ3v) is 4.59. The standard InChI is InChI=1S/C10H11BrO3/c1-3-4-5(3)9-7(11)6(8(4)14-9)10(12)13-2/h3-5,8-9H,1-2H3/t3-,4+,5-,8+,9-/m0/s1. The second-order valence-corrected chi connectivity index (χ2v) is 5.10. The van der Waals surface area contributed by atoms with Gasteiger partial charge in [0.05, 0.1) is 24.9 Å². The lowest BCUT2D eigenvalue weighted by Crippen LogP contribution is -2.20. The van der Waals surface area contributed by atoms with Crippen LogP contribution in [0.5, 0.6) is 0 Å². The molecule has 14 heavy (non-hydrogen) atoms. The van der Waals surface area contributed by atoms with Crippen LogP contribution in [0.3, 0.4) is 0 Å². The quantitative estimate of drug-likeness (QED) is 0.669. The van der Waals surface area contributed by atoms with E-state index in [0.29, 0.717) is 23.3 Å². The molecule has 4 heteroatoms. The fraction of sp³-hybridized carbons (Fsp3) is 0.700. The molecule has 2 fully saturated rings. The number of hydrogen-bond acceptors (Lipinski definition) is 3. The van der Waals surface area contributed by atoms with Crippen LogP contribution in [0.15, 0.2) is 10.1 Å². The number of hydrogen-bond donors (Lipinski definition) is 0. The minimum atomic E-state index is -0.248. The molecule has 2 heterocycles. The minimum Gasteiger partial charge on any atom is -0.466 e. The van der Waals surface area contributed by atoms with Gasteiger partial charge in [-0.2, -0.15) is 0 Å². The van der Waals surface area contributed by atoms with Crippen LogP contribution >= 0.6 is 15.9 Å². The molecular formula is C10H11BrO3. The second kappa shape index (κ2) is 2.61. The van der Waals surface area contributed by atoms with Crippen molar-refractivity contribution in [2.45, 2.75) is 19.1 Å². The van der Waals surface area contributed by atoms with E-state index in [1.165, 1.54) is 7.11 Å². The Labute approximate surface area is 90.6 Å². The normalized spacial score (nSPS) is 48.1. The predicted octanol–water partition coefficient (Wildman–Crippen LogP) is 1.47. The van der Waals surface area contributed by atoms with Gasteiger partial charge in [0.1, 0.15) is 0 Å². The molecule has 5 atom stereocenters. The summed E-state index contributed by atoms with van der Waals surface area (Å²) < 4.78 is 11.4. The molecule has 0 amide bonds. The lowest BCUT2D eigenvalue weighted by molar-refractivity contribution is -0.137. The Morgan fingerprint density at radius 1 is 1.43 bits per heavy atom. The summed E-state index contributed by atoms with van der Waals surface area (Å²) in [5.74, 6) is 1.62. The number of fused-ring (bicyclic) bond motifs is 5. The number of halogens is 1. The summed E-state index contributed by atoms with van der Waals surface area (Å²) in [6.45, 7) is 2.22. The highest BCUT2D eigenvalue weighted by Crippen LogP contribution is 2.65. The van der Waals surface area contributed by atoms with E-state index in [0.717, 1.165) is 4.48 Å². The molecule has 1 aliphatic carbocycles. The monoisotopic (exact) mass is 258 g/mol. The molecule has 3 rings (SSSR count). The van der Waals surface area contributed by atoms with E-state index < -0.39 is 0 Å². The Balaban J connectivity index is 1.97. The molecular weight excluding hydrogens is 248 g/mol. The second-order valence-electron chi connectivity index (χ2n) is 4.24. The van der Waals surface area contributed by atoms with Gasteiger partial charge in [-0.25, -0.2) is 4.79 Å². The number of carbonyl (C=O) groups excluding carboxylic acids is 1. The van der Waals surface area contributed by atoms with Crippen LogP contribution in [-0.4, -0.2) is 25.3 Å². The number of ether oxygens (including phenoxy) is 2. The molecule has 0 aromatic heterocycles. The average Bonchev–Trinajstić information content (AvgIpc) is 2.60. The Morgan fingerprint density at radius 3 is 2.71 bits per heavy atom. The Bertz CT molecular complexity index is 349. The maximum atomic E-state index is 11.5. The first-order chi connectivity index (χ1) is 6.66. The van der Waals surface area contributed by atoms with Crippen molar-refractivity contribution >= 4 is 21.9 Å². The third-order valence-electron chi connectivity index (χ3n) is 3.71. The zero-order valence-corrected chi connectivity index (χ0v) is 9.58. The Morgan fingerprint density at radius 2 is 2.07 bits per heavy atom. The van der Waals surface area contributed by atoms with Crippen molar-refractivity contribution in [1.82, 2.24) is 0 Å². The maximum Gasteiger partial charge on any atom is 0.337 e. The van der Waals surface area contributed by atoms with Crippen LogP contribution in [0.4, 0.5) is 0 Å². The topological polar surface area (TPSA) is 35.5 Å². The number of rotatable bonds is 1. The van der Waals surface area contributed by atoms with Gasteiger partial charge in [-0.1, -0.05) is 22.9 Å². The van der Waals surface area contributed by atoms with Gasteiger partial charge in [0.15, 0.2) is 0 Å². The van der Waals surface area contributed by atoms with Crippen LogP contribution in [0.25, 0.3) is 0 Å². The van der Waals surface area contributed by atoms with Crippen molar-refractivity contribution < 1.29 is 14.3 Å². The van der Waals surface area contributed by atoms with E-state index in [4.69, 9.17) is 9.47 Å². The summed E-state index contributed by atoms with van der Waals surface area (Å²) >= 11 is 3.45. The molecule has 0 aromatic rings. The van der Waals surface area contributed by atoms with Crippen LogP contribution in [0, 0.1) is 17.8 Å². The highest BCUT2D eigenvalue weighted by molar-refractivity contribution is 9.11. The van der Waals surface area contributed by atoms with Crippen LogP contribution in [0.2, 0.25) is 0 Å². The Hall–Kier alpha value is -0.350. The van der Waals surface area contributed by atoms with Crippen LogP contribution in [-0.2, 0) is 14.3 Å². The predicted molar refractivity (Wildman–Crippen MR) is 52.8 cm³/mol. The smallest absolute Gasteiger partial charge is 0.337 e. The Kier molecular flexibility index (Phi) is 1.66. The SMILES string of the molecule is COC(=O)C1=C(Br)[C@H]2O[C@@H]1[C@@H]1[C@H](C)[C@@H]12. The van der Waals surface area contributed by atoms with Gasteiger partial charge < -0.3 is 9.47 Å². The first-order valence-electron chi connectivity index (χ1n) is 4.80. The summed E-state index contributed by atoms with van der Waals surface area (Å²) in [7, 11) is 1.41. The minimum absolute atomic E-state index is 0.0122. The third kappa shape index (κ3) is 0.841. The molecule has 0 radical (unpaired) electrons. The lowest BCUT2D eigenvalue weighted by Gasteiger charge is -2.10. The maximum absolute atomic E-state index is 11.5. The van der Waals surface area contributed by atoms with Crippen molar-refractivity contribution in [2.24, 2.45) is 17.8 Å². The number of carbonyl (C=O) groups is 1. The molecule has 3 nitrogen and oxygen atoms in total. The van der Waals surface area contributed by atoms with Gasteiger partial charge in [0, 0.05) is 4.48 Å². The van der Waals surface area contributed by atoms with E-state index >= 15 is 0 Å². The van der Waals surface area contributed by atoms with Gasteiger partial charge in [0.25, 0.3) is 0 Å². The van der Waals surface area contributed by atoms with Gasteiger partial charge in [-0.05, 0) is 17.8 Å². The summed E-state index contributed by atoms with van der Waals surface area (Å²) in [5, 5.41) is 0. The van der Waals surface area contributed by atoms with Crippen LogP contribution in [0.1, 0.15) is 6.92 Å². The van der Waals surface area contributed by atoms with Crippen molar-refractivity contribution in [3.63, 3.8) is 0 Å². The summed E-state index contributed by atoms with van der Waals surface area (Å²) in [6.07, 6.45) is 0.107. The summed E-state index contributed by atoms with van der Waals surface area (Å²) in [6, 6.07) is 0. The number of esters is 1. The van der Waals surface area contributed by atoms with Gasteiger partial charge in [-0.3, -0.25) is 0 Å². The molecule has 1 saturated carbocycles. The lowest BCUT2D eigenvalue weighted by atomic mass is 9.99. The van der Waals surface area contributed by atoms with Gasteiger partial charge >= 0.3 is 5.97 Å². The van der Waals surface area contributed by atoms with E-state index in [2.05, 4.69) is 22.9 Å². The van der Waals surface area contributed by atoms with E-state index in [9.17, 15) is 4.79 Å². The highest BCUT2D eigenvalue weighted by Gasteiger charge is 2.68. The van der Waals surface area contributed by atoms with Gasteiger partial charge in [-0.15, -0.1) is 0 Å². The van der Waals surface area contributed by atoms with E-state index in [1.807, 2.05) is 0 Å². The van der Waals surface area contributed by atoms with E-state index in [-0.39, 0.29) is 18.2 Å². The van der Waals surface area contributed by atoms with Crippen molar-refractivity contribution in [1.29, 1.82) is 0 Å². The molecule has 1 saturated heterocycles. The van der Waals surface area contributed by atoms with Crippen molar-refractivity contribution in [2.75, 3.05) is 7.11 Å². The molecule has 2 aliphatic heterocycles. The van der Waals surface area contributed by atoms with Crippen LogP contribution < -0.4 is 0 Å². The van der Waals surface area contributed by atoms with Crippen molar-refractivity contribution in [3.05, 3.63) is 10.1 Å². The molecule has 0 unspecified atom stereocenters. The highest BCUT2D eigenvalue weighted by atomic mass is 79.9. The molecule has 0 aromatic carbocycles. The first-order valence-corrected chi connectivity index (χ1v) is 5.59. The fourth-order valence-electron chi connectivity index (χ4n) is 2.92. The average molecular weight is 259 g/mol. The zero-order valence-electron chi connectivity index (χ0n) is 7.99. The molecule has 3 aliphatic rings. The van der Waals surface area contributed by atoms with Gasteiger partial charge in [0.2, 0.25) is 0 Å². The fourth-order valence-corrected chi connectivity index (χ4v) is 3.72. The zero-order chi connectivity index (χ0) is 10.0. The summed E-state index contributed by atoms with van der Waals surface area (Å²) in [5.41, 5.74) is 0.711. The molecule has 2 bridgehead atoms. The molecule has 0 N–H and O–H groups in total. The summed E-state index contributed by atoms with van der Waals surface area (Å²) in [4.78, 5) is 11.5. The van der Waals surface area contributed by atoms with E-state index in [1.54, 1.807) is 0 Å². The first kappa shape index (κ1) is 8.92. The largest absolute Gasteiger partial charge is 0.466 e. The number of methoxy groups -OCH3 is 1.